The second-order valence-electron chi connectivity index (χ2n) is 7.64. The quantitative estimate of drug-likeness (QED) is 0.176. The molecule has 0 aliphatic rings. The number of pyridine rings is 1. The lowest BCUT2D eigenvalue weighted by atomic mass is 10.0. The second kappa shape index (κ2) is 11.1. The highest BCUT2D eigenvalue weighted by atomic mass is 79.9. The summed E-state index contributed by atoms with van der Waals surface area (Å²) in [5, 5.41) is 26.0. The minimum atomic E-state index is -0.716. The van der Waals surface area contributed by atoms with Crippen molar-refractivity contribution in [1.29, 1.82) is 0 Å². The molecular formula is C22H24BrFN6O4. The lowest BCUT2D eigenvalue weighted by molar-refractivity contribution is -0.384. The number of aryl methyl sites for hydroxylation is 1. The Morgan fingerprint density at radius 3 is 2.74 bits per heavy atom. The van der Waals surface area contributed by atoms with Crippen LogP contribution in [0.5, 0.6) is 0 Å². The van der Waals surface area contributed by atoms with Crippen LogP contribution in [0, 0.1) is 15.9 Å². The average Bonchev–Trinajstić information content (AvgIpc) is 3.18. The standard InChI is InChI=1S/C22H24BrFN6O4/c1-13(31)10-27-22(32)17-12-29(11-16(17)15-4-3-14(23)9-18(15)24)8-2-7-26-20-6-5-19(30(33)34)21(25)28-20/h3-6,9,11-13,31H,2,7-8,10H2,1H3,(H,27,32)(H3,25,26,28)/t13-/m1/s1. The molecule has 0 aliphatic heterocycles. The maximum Gasteiger partial charge on any atom is 0.311 e. The molecule has 2 aromatic heterocycles. The molecule has 0 aliphatic carbocycles. The number of carbonyl (C=O) groups is 1. The Morgan fingerprint density at radius 1 is 1.32 bits per heavy atom. The van der Waals surface area contributed by atoms with Gasteiger partial charge in [0.25, 0.3) is 5.91 Å². The third-order valence-corrected chi connectivity index (χ3v) is 5.40. The first-order valence-electron chi connectivity index (χ1n) is 10.4. The summed E-state index contributed by atoms with van der Waals surface area (Å²) in [4.78, 5) is 26.9. The summed E-state index contributed by atoms with van der Waals surface area (Å²) in [6.07, 6.45) is 3.23. The number of anilines is 2. The molecule has 34 heavy (non-hydrogen) atoms. The number of aliphatic hydroxyl groups excluding tert-OH is 1. The fourth-order valence-corrected chi connectivity index (χ4v) is 3.61. The fraction of sp³-hybridized carbons (Fsp3) is 0.273. The monoisotopic (exact) mass is 534 g/mol. The molecule has 0 saturated carbocycles. The van der Waals surface area contributed by atoms with Gasteiger partial charge in [0.05, 0.1) is 16.6 Å². The molecule has 10 nitrogen and oxygen atoms in total. The van der Waals surface area contributed by atoms with Crippen molar-refractivity contribution >= 4 is 39.2 Å². The number of aromatic nitrogens is 2. The lowest BCUT2D eigenvalue weighted by Gasteiger charge is -2.08. The van der Waals surface area contributed by atoms with Crippen LogP contribution in [0.25, 0.3) is 11.1 Å². The van der Waals surface area contributed by atoms with Gasteiger partial charge in [-0.15, -0.1) is 0 Å². The SMILES string of the molecule is C[C@@H](O)CNC(=O)c1cn(CCCNc2ccc([N+](=O)[O-])c(N)n2)cc1-c1ccc(Br)cc1F. The minimum absolute atomic E-state index is 0.0710. The third kappa shape index (κ3) is 6.29. The normalized spacial score (nSPS) is 11.8. The smallest absolute Gasteiger partial charge is 0.311 e. The van der Waals surface area contributed by atoms with Gasteiger partial charge in [0.15, 0.2) is 0 Å². The van der Waals surface area contributed by atoms with Crippen molar-refractivity contribution in [2.75, 3.05) is 24.1 Å². The summed E-state index contributed by atoms with van der Waals surface area (Å²) < 4.78 is 17.0. The number of carbonyl (C=O) groups excluding carboxylic acids is 1. The van der Waals surface area contributed by atoms with Crippen molar-refractivity contribution < 1.29 is 19.2 Å². The van der Waals surface area contributed by atoms with E-state index in [1.807, 2.05) is 0 Å². The molecule has 0 spiro atoms. The zero-order chi connectivity index (χ0) is 24.8. The number of aliphatic hydroxyl groups is 1. The first-order valence-corrected chi connectivity index (χ1v) is 11.2. The molecule has 5 N–H and O–H groups in total. The summed E-state index contributed by atoms with van der Waals surface area (Å²) in [6.45, 7) is 2.61. The van der Waals surface area contributed by atoms with Crippen LogP contribution < -0.4 is 16.4 Å². The summed E-state index contributed by atoms with van der Waals surface area (Å²) in [5.41, 5.74) is 6.36. The van der Waals surface area contributed by atoms with E-state index in [9.17, 15) is 24.4 Å². The van der Waals surface area contributed by atoms with E-state index in [-0.39, 0.29) is 23.6 Å². The van der Waals surface area contributed by atoms with Gasteiger partial charge >= 0.3 is 5.69 Å². The number of benzene rings is 1. The molecule has 1 atom stereocenters. The first-order chi connectivity index (χ1) is 16.2. The van der Waals surface area contributed by atoms with Gasteiger partial charge in [-0.25, -0.2) is 9.37 Å². The highest BCUT2D eigenvalue weighted by Gasteiger charge is 2.19. The number of halogens is 2. The molecular weight excluding hydrogens is 511 g/mol. The zero-order valence-electron chi connectivity index (χ0n) is 18.3. The molecule has 180 valence electrons. The van der Waals surface area contributed by atoms with E-state index in [4.69, 9.17) is 5.73 Å². The van der Waals surface area contributed by atoms with Crippen LogP contribution in [0.2, 0.25) is 0 Å². The van der Waals surface area contributed by atoms with Crippen LogP contribution in [0.1, 0.15) is 23.7 Å². The number of hydrogen-bond acceptors (Lipinski definition) is 7. The van der Waals surface area contributed by atoms with Gasteiger partial charge in [0, 0.05) is 53.7 Å². The Labute approximate surface area is 203 Å². The van der Waals surface area contributed by atoms with E-state index in [1.54, 1.807) is 36.0 Å². The van der Waals surface area contributed by atoms with Crippen molar-refractivity contribution in [1.82, 2.24) is 14.9 Å². The number of nitrogen functional groups attached to an aromatic ring is 1. The van der Waals surface area contributed by atoms with Crippen molar-refractivity contribution in [3.8, 4) is 11.1 Å². The van der Waals surface area contributed by atoms with Gasteiger partial charge in [-0.05, 0) is 31.5 Å². The predicted molar refractivity (Wildman–Crippen MR) is 130 cm³/mol. The first kappa shape index (κ1) is 25.1. The second-order valence-corrected chi connectivity index (χ2v) is 8.56. The van der Waals surface area contributed by atoms with Gasteiger partial charge in [-0.3, -0.25) is 14.9 Å². The Hall–Kier alpha value is -3.51. The van der Waals surface area contributed by atoms with E-state index in [0.717, 1.165) is 0 Å². The van der Waals surface area contributed by atoms with E-state index in [1.165, 1.54) is 18.2 Å². The maximum absolute atomic E-state index is 14.6. The van der Waals surface area contributed by atoms with Gasteiger partial charge < -0.3 is 26.0 Å². The van der Waals surface area contributed by atoms with E-state index >= 15 is 0 Å². The third-order valence-electron chi connectivity index (χ3n) is 4.90. The molecule has 12 heteroatoms. The van der Waals surface area contributed by atoms with Crippen LogP contribution in [0.15, 0.2) is 47.2 Å². The molecule has 0 radical (unpaired) electrons. The van der Waals surface area contributed by atoms with Crippen LogP contribution in [-0.4, -0.2) is 44.7 Å². The molecule has 0 bridgehead atoms. The largest absolute Gasteiger partial charge is 0.392 e. The van der Waals surface area contributed by atoms with Gasteiger partial charge in [0.1, 0.15) is 11.6 Å². The number of amides is 1. The Balaban J connectivity index is 1.72. The molecule has 3 rings (SSSR count). The highest BCUT2D eigenvalue weighted by molar-refractivity contribution is 9.10. The van der Waals surface area contributed by atoms with E-state index in [2.05, 4.69) is 31.5 Å². The molecule has 3 aromatic rings. The van der Waals surface area contributed by atoms with Crippen molar-refractivity contribution in [2.45, 2.75) is 26.0 Å². The van der Waals surface area contributed by atoms with Crippen LogP contribution >= 0.6 is 15.9 Å². The topological polar surface area (TPSA) is 148 Å². The Bertz CT molecular complexity index is 1200. The number of nitro groups is 1. The summed E-state index contributed by atoms with van der Waals surface area (Å²) in [7, 11) is 0. The average molecular weight is 535 g/mol. The number of hydrogen-bond donors (Lipinski definition) is 4. The maximum atomic E-state index is 14.6. The molecule has 1 amide bonds. The summed E-state index contributed by atoms with van der Waals surface area (Å²) in [5.74, 6) is -0.651. The van der Waals surface area contributed by atoms with Crippen LogP contribution in [-0.2, 0) is 6.54 Å². The van der Waals surface area contributed by atoms with Gasteiger partial charge in [-0.1, -0.05) is 22.0 Å². The number of nitrogens with two attached hydrogens (primary N) is 1. The molecule has 0 fully saturated rings. The summed E-state index contributed by atoms with van der Waals surface area (Å²) in [6, 6.07) is 7.38. The highest BCUT2D eigenvalue weighted by Crippen LogP contribution is 2.29. The predicted octanol–water partition coefficient (Wildman–Crippen LogP) is 3.55. The fourth-order valence-electron chi connectivity index (χ4n) is 3.27. The molecule has 0 unspecified atom stereocenters. The Kier molecular flexibility index (Phi) is 8.18. The van der Waals surface area contributed by atoms with Gasteiger partial charge in [0.2, 0.25) is 5.82 Å². The molecule has 0 saturated heterocycles. The van der Waals surface area contributed by atoms with Crippen molar-refractivity contribution in [3.05, 3.63) is 68.7 Å². The lowest BCUT2D eigenvalue weighted by Crippen LogP contribution is -2.30. The number of nitrogens with zero attached hydrogens (tertiary/aromatic N) is 3. The van der Waals surface area contributed by atoms with Crippen molar-refractivity contribution in [3.63, 3.8) is 0 Å². The van der Waals surface area contributed by atoms with Crippen molar-refractivity contribution in [2.24, 2.45) is 0 Å². The zero-order valence-corrected chi connectivity index (χ0v) is 19.9. The van der Waals surface area contributed by atoms with E-state index in [0.29, 0.717) is 40.9 Å². The number of rotatable bonds is 10. The molecule has 1 aromatic carbocycles. The van der Waals surface area contributed by atoms with Gasteiger partial charge in [-0.2, -0.15) is 0 Å². The Morgan fingerprint density at radius 2 is 2.09 bits per heavy atom. The van der Waals surface area contributed by atoms with Crippen LogP contribution in [0.3, 0.4) is 0 Å². The number of nitrogens with one attached hydrogen (secondary N) is 2. The summed E-state index contributed by atoms with van der Waals surface area (Å²) >= 11 is 3.23. The minimum Gasteiger partial charge on any atom is -0.392 e. The van der Waals surface area contributed by atoms with E-state index < -0.39 is 22.8 Å². The molecule has 2 heterocycles. The van der Waals surface area contributed by atoms with Crippen LogP contribution in [0.4, 0.5) is 21.7 Å².